The van der Waals surface area contributed by atoms with E-state index >= 15 is 0 Å². The molecule has 17 heteroatoms. The lowest BCUT2D eigenvalue weighted by Crippen LogP contribution is -2.57. The zero-order valence-corrected chi connectivity index (χ0v) is 21.6. The number of aliphatic imine (C=N–C) groups is 1. The fraction of sp³-hybridized carbons (Fsp3) is 0.591. The van der Waals surface area contributed by atoms with Crippen LogP contribution in [0.2, 0.25) is 0 Å². The van der Waals surface area contributed by atoms with Crippen LogP contribution in [-0.2, 0) is 30.4 Å². The molecular formula is C22H39N11O6. The lowest BCUT2D eigenvalue weighted by molar-refractivity contribution is -0.143. The Kier molecular flexibility index (Phi) is 14.5. The number of H-pyrrole nitrogens is 1. The van der Waals surface area contributed by atoms with Crippen molar-refractivity contribution >= 4 is 35.6 Å². The number of rotatable bonds is 19. The number of aromatic nitrogens is 2. The standard InChI is InChI=1S/C22H39N11O6/c23-6-2-1-4-14(31-18(35)13(24)8-12-10-28-11-30-12)19(36)32-15(5-3-7-29-22(26)27)20(37)33-16(21(38)39)9-17(25)34/h10-11,13-16H,1-9,23-24H2,(H2,25,34)(H,28,30)(H,31,35)(H,32,36)(H,33,37)(H,38,39)(H4,26,27,29). The van der Waals surface area contributed by atoms with Gasteiger partial charge in [0.2, 0.25) is 23.6 Å². The summed E-state index contributed by atoms with van der Waals surface area (Å²) in [6.45, 7) is 0.499. The molecule has 0 saturated carbocycles. The first-order chi connectivity index (χ1) is 18.4. The molecule has 0 fully saturated rings. The Morgan fingerprint density at radius 3 is 2.03 bits per heavy atom. The monoisotopic (exact) mass is 553 g/mol. The summed E-state index contributed by atoms with van der Waals surface area (Å²) in [6, 6.07) is -4.90. The van der Waals surface area contributed by atoms with Crippen molar-refractivity contribution in [3.05, 3.63) is 18.2 Å². The van der Waals surface area contributed by atoms with Crippen molar-refractivity contribution in [1.82, 2.24) is 25.9 Å². The van der Waals surface area contributed by atoms with Crippen molar-refractivity contribution in [3.63, 3.8) is 0 Å². The van der Waals surface area contributed by atoms with Crippen molar-refractivity contribution in [2.45, 2.75) is 69.1 Å². The number of primary amides is 1. The van der Waals surface area contributed by atoms with Gasteiger partial charge in [-0.1, -0.05) is 0 Å². The third kappa shape index (κ3) is 13.2. The minimum absolute atomic E-state index is 0.0140. The van der Waals surface area contributed by atoms with Crippen LogP contribution in [0.25, 0.3) is 0 Å². The average molecular weight is 554 g/mol. The summed E-state index contributed by atoms with van der Waals surface area (Å²) in [4.78, 5) is 72.1. The van der Waals surface area contributed by atoms with Gasteiger partial charge in [0.05, 0.1) is 18.8 Å². The van der Waals surface area contributed by atoms with Crippen LogP contribution < -0.4 is 44.6 Å². The second-order valence-electron chi connectivity index (χ2n) is 8.81. The van der Waals surface area contributed by atoms with Crippen LogP contribution in [0.4, 0.5) is 0 Å². The molecule has 0 bridgehead atoms. The summed E-state index contributed by atoms with van der Waals surface area (Å²) in [6.07, 6.45) is 3.99. The van der Waals surface area contributed by atoms with Gasteiger partial charge >= 0.3 is 5.97 Å². The zero-order chi connectivity index (χ0) is 29.4. The number of nitrogens with one attached hydrogen (secondary N) is 4. The molecule has 1 heterocycles. The molecule has 0 radical (unpaired) electrons. The average Bonchev–Trinajstić information content (AvgIpc) is 3.37. The number of carbonyl (C=O) groups is 5. The fourth-order valence-corrected chi connectivity index (χ4v) is 3.48. The number of unbranched alkanes of at least 4 members (excludes halogenated alkanes) is 1. The first-order valence-electron chi connectivity index (χ1n) is 12.3. The molecule has 15 N–H and O–H groups in total. The predicted octanol–water partition coefficient (Wildman–Crippen LogP) is -4.12. The lowest BCUT2D eigenvalue weighted by atomic mass is 10.0. The number of hydrogen-bond donors (Lipinski definition) is 10. The number of carbonyl (C=O) groups excluding carboxylic acids is 4. The Morgan fingerprint density at radius 2 is 1.51 bits per heavy atom. The second-order valence-corrected chi connectivity index (χ2v) is 8.81. The summed E-state index contributed by atoms with van der Waals surface area (Å²) in [5.41, 5.74) is 27.9. The molecule has 0 aliphatic carbocycles. The molecule has 0 aromatic carbocycles. The molecule has 4 amide bonds. The van der Waals surface area contributed by atoms with Gasteiger partial charge in [-0.25, -0.2) is 9.78 Å². The fourth-order valence-electron chi connectivity index (χ4n) is 3.48. The molecule has 0 saturated heterocycles. The Balaban J connectivity index is 3.02. The number of imidazole rings is 1. The van der Waals surface area contributed by atoms with Gasteiger partial charge < -0.3 is 54.7 Å². The minimum Gasteiger partial charge on any atom is -0.480 e. The van der Waals surface area contributed by atoms with Crippen LogP contribution in [-0.4, -0.2) is 87.9 Å². The number of carboxylic acid groups (broad SMARTS) is 1. The quantitative estimate of drug-likeness (QED) is 0.0445. The van der Waals surface area contributed by atoms with E-state index in [0.717, 1.165) is 0 Å². The number of carboxylic acids is 1. The summed E-state index contributed by atoms with van der Waals surface area (Å²) in [5.74, 6) is -4.75. The van der Waals surface area contributed by atoms with Crippen LogP contribution in [0.15, 0.2) is 17.5 Å². The molecule has 0 spiro atoms. The van der Waals surface area contributed by atoms with E-state index in [1.54, 1.807) is 0 Å². The van der Waals surface area contributed by atoms with Crippen LogP contribution in [0.1, 0.15) is 44.2 Å². The van der Waals surface area contributed by atoms with Crippen molar-refractivity contribution in [1.29, 1.82) is 0 Å². The maximum Gasteiger partial charge on any atom is 0.326 e. The maximum absolute atomic E-state index is 13.2. The number of aromatic amines is 1. The summed E-state index contributed by atoms with van der Waals surface area (Å²) in [7, 11) is 0. The van der Waals surface area contributed by atoms with Crippen molar-refractivity contribution in [3.8, 4) is 0 Å². The maximum atomic E-state index is 13.2. The minimum atomic E-state index is -1.60. The number of nitrogens with zero attached hydrogens (tertiary/aromatic N) is 2. The Bertz CT molecular complexity index is 981. The van der Waals surface area contributed by atoms with Gasteiger partial charge in [0, 0.05) is 24.9 Å². The van der Waals surface area contributed by atoms with E-state index in [2.05, 4.69) is 30.9 Å². The van der Waals surface area contributed by atoms with E-state index in [0.29, 0.717) is 25.1 Å². The molecule has 218 valence electrons. The highest BCUT2D eigenvalue weighted by atomic mass is 16.4. The van der Waals surface area contributed by atoms with Gasteiger partial charge in [-0.3, -0.25) is 24.2 Å². The van der Waals surface area contributed by atoms with Crippen molar-refractivity contribution in [2.24, 2.45) is 33.7 Å². The van der Waals surface area contributed by atoms with Gasteiger partial charge in [-0.05, 0) is 38.6 Å². The number of guanidine groups is 1. The molecule has 39 heavy (non-hydrogen) atoms. The molecule has 4 unspecified atom stereocenters. The number of nitrogens with two attached hydrogens (primary N) is 5. The predicted molar refractivity (Wildman–Crippen MR) is 140 cm³/mol. The highest BCUT2D eigenvalue weighted by molar-refractivity contribution is 5.94. The molecule has 4 atom stereocenters. The van der Waals surface area contributed by atoms with Gasteiger partial charge in [0.15, 0.2) is 5.96 Å². The Hall–Kier alpha value is -4.25. The number of aliphatic carboxylic acids is 1. The van der Waals surface area contributed by atoms with Gasteiger partial charge in [0.25, 0.3) is 0 Å². The largest absolute Gasteiger partial charge is 0.480 e. The van der Waals surface area contributed by atoms with Gasteiger partial charge in [-0.2, -0.15) is 0 Å². The van der Waals surface area contributed by atoms with E-state index < -0.39 is 60.2 Å². The van der Waals surface area contributed by atoms with Crippen molar-refractivity contribution < 1.29 is 29.1 Å². The SMILES string of the molecule is NCCCCC(NC(=O)C(N)Cc1cnc[nH]1)C(=O)NC(CCCN=C(N)N)C(=O)NC(CC(N)=O)C(=O)O. The Morgan fingerprint density at radius 1 is 0.923 bits per heavy atom. The molecule has 0 aliphatic heterocycles. The summed E-state index contributed by atoms with van der Waals surface area (Å²) in [5, 5.41) is 16.7. The topological polar surface area (TPSA) is 313 Å². The molecule has 17 nitrogen and oxygen atoms in total. The first kappa shape index (κ1) is 32.8. The van der Waals surface area contributed by atoms with E-state index in [1.165, 1.54) is 12.5 Å². The van der Waals surface area contributed by atoms with Crippen molar-refractivity contribution in [2.75, 3.05) is 13.1 Å². The smallest absolute Gasteiger partial charge is 0.326 e. The number of hydrogen-bond acceptors (Lipinski definition) is 9. The van der Waals surface area contributed by atoms with E-state index in [-0.39, 0.29) is 38.2 Å². The van der Waals surface area contributed by atoms with Crippen LogP contribution in [0.3, 0.4) is 0 Å². The molecule has 0 aliphatic rings. The van der Waals surface area contributed by atoms with Crippen LogP contribution in [0.5, 0.6) is 0 Å². The molecule has 1 aromatic heterocycles. The summed E-state index contributed by atoms with van der Waals surface area (Å²) < 4.78 is 0. The highest BCUT2D eigenvalue weighted by Crippen LogP contribution is 2.07. The lowest BCUT2D eigenvalue weighted by Gasteiger charge is -2.25. The first-order valence-corrected chi connectivity index (χ1v) is 12.3. The van der Waals surface area contributed by atoms with Crippen LogP contribution in [0, 0.1) is 0 Å². The third-order valence-corrected chi connectivity index (χ3v) is 5.51. The van der Waals surface area contributed by atoms with E-state index in [9.17, 15) is 29.1 Å². The molecule has 1 rings (SSSR count). The second kappa shape index (κ2) is 17.3. The Labute approximate surface area is 225 Å². The molecule has 1 aromatic rings. The van der Waals surface area contributed by atoms with E-state index in [4.69, 9.17) is 28.7 Å². The highest BCUT2D eigenvalue weighted by Gasteiger charge is 2.30. The zero-order valence-electron chi connectivity index (χ0n) is 21.6. The van der Waals surface area contributed by atoms with E-state index in [1.807, 2.05) is 0 Å². The van der Waals surface area contributed by atoms with Gasteiger partial charge in [-0.15, -0.1) is 0 Å². The van der Waals surface area contributed by atoms with Gasteiger partial charge in [0.1, 0.15) is 18.1 Å². The molecular weight excluding hydrogens is 514 g/mol. The number of amides is 4. The third-order valence-electron chi connectivity index (χ3n) is 5.51. The summed E-state index contributed by atoms with van der Waals surface area (Å²) >= 11 is 0. The van der Waals surface area contributed by atoms with Crippen LogP contribution >= 0.6 is 0 Å². The normalized spacial score (nSPS) is 13.8.